The molecule has 12 nitrogen and oxygen atoms in total. The minimum absolute atomic E-state index is 0.0550. The van der Waals surface area contributed by atoms with Crippen LogP contribution in [-0.2, 0) is 14.1 Å². The SMILES string of the molecule is CCN(C(=O)c1c(OC(=O)c2ccc(C(=O)Oc3c(C(=O)N(CC)c4ccccc4)c(=O)n(C)c4cccc(Cl)c34)cc2)c2c(Cl)cccc2n(C)c1=O)c1ccccc1. The van der Waals surface area contributed by atoms with Crippen LogP contribution < -0.4 is 30.4 Å². The van der Waals surface area contributed by atoms with Gasteiger partial charge in [-0.15, -0.1) is 0 Å². The van der Waals surface area contributed by atoms with Gasteiger partial charge in [0.25, 0.3) is 22.9 Å². The van der Waals surface area contributed by atoms with Gasteiger partial charge in [-0.25, -0.2) is 9.59 Å². The van der Waals surface area contributed by atoms with E-state index in [-0.39, 0.29) is 56.5 Å². The lowest BCUT2D eigenvalue weighted by molar-refractivity contribution is 0.0718. The standard InChI is InChI=1S/C46H36Cl2N4O8/c1-5-51(29-15-9-7-10-16-29)43(55)37-39(35-31(47)19-13-21-33(35)49(3)41(37)53)59-45(57)27-23-25-28(26-24-27)46(58)60-40-36-32(48)20-14-22-34(36)50(4)42(54)38(40)44(56)52(6-2)30-17-11-8-12-18-30/h7-26H,5-6H2,1-4H3. The van der Waals surface area contributed by atoms with Crippen LogP contribution in [0, 0.1) is 0 Å². The summed E-state index contributed by atoms with van der Waals surface area (Å²) in [6.07, 6.45) is 0. The average Bonchev–Trinajstić information content (AvgIpc) is 3.25. The zero-order valence-electron chi connectivity index (χ0n) is 32.8. The molecule has 0 aliphatic carbocycles. The highest BCUT2D eigenvalue weighted by Crippen LogP contribution is 2.37. The Morgan fingerprint density at radius 3 is 1.20 bits per heavy atom. The maximum atomic E-state index is 14.2. The summed E-state index contributed by atoms with van der Waals surface area (Å²) < 4.78 is 14.4. The molecule has 7 aromatic rings. The third kappa shape index (κ3) is 7.42. The minimum atomic E-state index is -0.959. The zero-order valence-corrected chi connectivity index (χ0v) is 34.3. The molecule has 0 fully saturated rings. The molecule has 0 unspecified atom stereocenters. The number of pyridine rings is 2. The second kappa shape index (κ2) is 17.1. The van der Waals surface area contributed by atoms with Crippen molar-refractivity contribution < 1.29 is 28.7 Å². The highest BCUT2D eigenvalue weighted by Gasteiger charge is 2.32. The second-order valence-corrected chi connectivity index (χ2v) is 14.3. The van der Waals surface area contributed by atoms with E-state index in [1.165, 1.54) is 57.3 Å². The fourth-order valence-corrected chi connectivity index (χ4v) is 7.54. The smallest absolute Gasteiger partial charge is 0.343 e. The van der Waals surface area contributed by atoms with Crippen molar-refractivity contribution >= 4 is 80.1 Å². The van der Waals surface area contributed by atoms with Gasteiger partial charge in [-0.05, 0) is 86.6 Å². The van der Waals surface area contributed by atoms with Crippen molar-refractivity contribution in [2.75, 3.05) is 22.9 Å². The number of esters is 2. The van der Waals surface area contributed by atoms with Gasteiger partial charge >= 0.3 is 11.9 Å². The van der Waals surface area contributed by atoms with Gasteiger partial charge in [0.05, 0.1) is 43.0 Å². The fraction of sp³-hybridized carbons (Fsp3) is 0.130. The van der Waals surface area contributed by atoms with Crippen LogP contribution in [0.25, 0.3) is 21.8 Å². The third-order valence-corrected chi connectivity index (χ3v) is 10.7. The number of halogens is 2. The molecule has 0 atom stereocenters. The van der Waals surface area contributed by atoms with Crippen LogP contribution in [0.3, 0.4) is 0 Å². The van der Waals surface area contributed by atoms with Crippen molar-refractivity contribution in [2.45, 2.75) is 13.8 Å². The van der Waals surface area contributed by atoms with Crippen molar-refractivity contribution in [3.8, 4) is 11.5 Å². The van der Waals surface area contributed by atoms with Gasteiger partial charge in [0, 0.05) is 38.6 Å². The Labute approximate surface area is 353 Å². The maximum absolute atomic E-state index is 14.2. The quantitative estimate of drug-likeness (QED) is 0.125. The summed E-state index contributed by atoms with van der Waals surface area (Å²) in [5.41, 5.74) is -0.664. The molecule has 0 aliphatic rings. The summed E-state index contributed by atoms with van der Waals surface area (Å²) in [5.74, 6) is -3.99. The predicted octanol–water partition coefficient (Wildman–Crippen LogP) is 8.47. The number of carbonyl (C=O) groups excluding carboxylic acids is 4. The predicted molar refractivity (Wildman–Crippen MR) is 232 cm³/mol. The van der Waals surface area contributed by atoms with Crippen LogP contribution in [0.4, 0.5) is 11.4 Å². The molecule has 0 N–H and O–H groups in total. The van der Waals surface area contributed by atoms with E-state index in [4.69, 9.17) is 32.7 Å². The largest absolute Gasteiger partial charge is 0.421 e. The van der Waals surface area contributed by atoms with Gasteiger partial charge in [0.15, 0.2) is 11.5 Å². The molecule has 5 aromatic carbocycles. The Morgan fingerprint density at radius 2 is 0.867 bits per heavy atom. The summed E-state index contributed by atoms with van der Waals surface area (Å²) in [5, 5.41) is 0.601. The second-order valence-electron chi connectivity index (χ2n) is 13.5. The summed E-state index contributed by atoms with van der Waals surface area (Å²) in [6.45, 7) is 3.88. The number of anilines is 2. The first-order valence-corrected chi connectivity index (χ1v) is 19.5. The Morgan fingerprint density at radius 1 is 0.517 bits per heavy atom. The topological polar surface area (TPSA) is 137 Å². The number of hydrogen-bond donors (Lipinski definition) is 0. The fourth-order valence-electron chi connectivity index (χ4n) is 7.03. The molecule has 0 aliphatic heterocycles. The number of aromatic nitrogens is 2. The van der Waals surface area contributed by atoms with Gasteiger partial charge in [-0.2, -0.15) is 0 Å². The molecule has 0 spiro atoms. The molecule has 0 saturated heterocycles. The Kier molecular flexibility index (Phi) is 11.7. The van der Waals surface area contributed by atoms with Crippen molar-refractivity contribution in [3.05, 3.63) is 174 Å². The van der Waals surface area contributed by atoms with Crippen LogP contribution in [0.2, 0.25) is 10.0 Å². The van der Waals surface area contributed by atoms with Crippen LogP contribution >= 0.6 is 23.2 Å². The molecule has 0 radical (unpaired) electrons. The van der Waals surface area contributed by atoms with E-state index < -0.39 is 46.0 Å². The molecule has 2 heterocycles. The lowest BCUT2D eigenvalue weighted by atomic mass is 10.1. The van der Waals surface area contributed by atoms with Gasteiger partial charge in [-0.3, -0.25) is 19.2 Å². The van der Waals surface area contributed by atoms with Crippen LogP contribution in [0.5, 0.6) is 11.5 Å². The van der Waals surface area contributed by atoms with E-state index in [0.717, 1.165) is 0 Å². The molecule has 2 amide bonds. The molecule has 2 aromatic heterocycles. The number of benzene rings is 5. The van der Waals surface area contributed by atoms with Crippen molar-refractivity contribution in [1.29, 1.82) is 0 Å². The van der Waals surface area contributed by atoms with E-state index >= 15 is 0 Å². The van der Waals surface area contributed by atoms with Gasteiger partial charge in [-0.1, -0.05) is 71.7 Å². The molecule has 0 bridgehead atoms. The van der Waals surface area contributed by atoms with Crippen molar-refractivity contribution in [2.24, 2.45) is 14.1 Å². The van der Waals surface area contributed by atoms with Crippen LogP contribution in [-0.4, -0.2) is 46.0 Å². The van der Waals surface area contributed by atoms with E-state index in [0.29, 0.717) is 22.4 Å². The number of nitrogens with zero attached hydrogens (tertiary/aromatic N) is 4. The van der Waals surface area contributed by atoms with Crippen molar-refractivity contribution in [1.82, 2.24) is 9.13 Å². The average molecular weight is 844 g/mol. The Bertz CT molecular complexity index is 2770. The Hall–Kier alpha value is -7.02. The number of aryl methyl sites for hydroxylation is 2. The monoisotopic (exact) mass is 842 g/mol. The van der Waals surface area contributed by atoms with E-state index in [9.17, 15) is 28.8 Å². The highest BCUT2D eigenvalue weighted by molar-refractivity contribution is 6.37. The first-order chi connectivity index (χ1) is 28.9. The molecular weight excluding hydrogens is 807 g/mol. The van der Waals surface area contributed by atoms with Gasteiger partial charge < -0.3 is 28.4 Å². The van der Waals surface area contributed by atoms with E-state index in [1.807, 2.05) is 0 Å². The lowest BCUT2D eigenvalue weighted by Gasteiger charge is -2.23. The van der Waals surface area contributed by atoms with Crippen LogP contribution in [0.1, 0.15) is 55.3 Å². The lowest BCUT2D eigenvalue weighted by Crippen LogP contribution is -2.37. The number of hydrogen-bond acceptors (Lipinski definition) is 8. The zero-order chi connectivity index (χ0) is 42.8. The first kappa shape index (κ1) is 41.2. The highest BCUT2D eigenvalue weighted by atomic mass is 35.5. The van der Waals surface area contributed by atoms with E-state index in [1.54, 1.807) is 111 Å². The number of para-hydroxylation sites is 2. The summed E-state index contributed by atoms with van der Waals surface area (Å²) in [4.78, 5) is 86.8. The Balaban J connectivity index is 1.25. The minimum Gasteiger partial charge on any atom is -0.421 e. The van der Waals surface area contributed by atoms with Crippen molar-refractivity contribution in [3.63, 3.8) is 0 Å². The van der Waals surface area contributed by atoms with E-state index in [2.05, 4.69) is 0 Å². The first-order valence-electron chi connectivity index (χ1n) is 18.8. The molecular formula is C46H36Cl2N4O8. The van der Waals surface area contributed by atoms with Crippen LogP contribution in [0.15, 0.2) is 131 Å². The molecule has 7 rings (SSSR count). The number of carbonyl (C=O) groups is 4. The molecule has 0 saturated carbocycles. The molecule has 60 heavy (non-hydrogen) atoms. The third-order valence-electron chi connectivity index (χ3n) is 10.1. The normalized spacial score (nSPS) is 11.0. The molecule has 14 heteroatoms. The number of rotatable bonds is 10. The number of ether oxygens (including phenoxy) is 2. The molecule has 302 valence electrons. The summed E-state index contributed by atoms with van der Waals surface area (Å²) in [7, 11) is 2.98. The summed E-state index contributed by atoms with van der Waals surface area (Å²) in [6, 6.07) is 32.2. The maximum Gasteiger partial charge on any atom is 0.343 e. The van der Waals surface area contributed by atoms with Gasteiger partial charge in [0.2, 0.25) is 0 Å². The summed E-state index contributed by atoms with van der Waals surface area (Å²) >= 11 is 13.3. The number of fused-ring (bicyclic) bond motifs is 2. The number of amides is 2. The van der Waals surface area contributed by atoms with Gasteiger partial charge in [0.1, 0.15) is 11.1 Å².